The van der Waals surface area contributed by atoms with Crippen LogP contribution in [0.1, 0.15) is 58.0 Å². The van der Waals surface area contributed by atoms with E-state index in [9.17, 15) is 34.6 Å². The molecular formula is C23H25BrN6O10. The van der Waals surface area contributed by atoms with Gasteiger partial charge in [0.1, 0.15) is 17.9 Å². The molecule has 2 atom stereocenters. The molecule has 0 aliphatic rings. The molecule has 40 heavy (non-hydrogen) atoms. The maximum atomic E-state index is 12.3. The first-order valence-electron chi connectivity index (χ1n) is 11.3. The summed E-state index contributed by atoms with van der Waals surface area (Å²) in [5.74, 6) is -2.04. The predicted octanol–water partition coefficient (Wildman–Crippen LogP) is 5.48. The van der Waals surface area contributed by atoms with Crippen molar-refractivity contribution in [3.05, 3.63) is 48.0 Å². The molecule has 1 amide bonds. The predicted molar refractivity (Wildman–Crippen MR) is 144 cm³/mol. The molecule has 0 heterocycles. The maximum absolute atomic E-state index is 12.3. The number of carbonyl (C=O) groups is 3. The van der Waals surface area contributed by atoms with Gasteiger partial charge < -0.3 is 25.3 Å². The van der Waals surface area contributed by atoms with E-state index in [0.717, 1.165) is 19.9 Å². The largest absolute Gasteiger partial charge is 0.494 e. The molecule has 16 nitrogen and oxygen atoms in total. The van der Waals surface area contributed by atoms with Crippen LogP contribution in [0.2, 0.25) is 0 Å². The second kappa shape index (κ2) is 12.9. The number of anilines is 2. The number of nitro benzene ring substituents is 2. The summed E-state index contributed by atoms with van der Waals surface area (Å²) in [4.78, 5) is 57.0. The highest BCUT2D eigenvalue weighted by Gasteiger charge is 2.32. The van der Waals surface area contributed by atoms with Crippen molar-refractivity contribution in [1.82, 2.24) is 0 Å². The Bertz CT molecular complexity index is 1430. The molecular weight excluding hydrogens is 600 g/mol. The van der Waals surface area contributed by atoms with E-state index in [0.29, 0.717) is 6.07 Å². The number of hydrogen-bond donors (Lipinski definition) is 2. The quantitative estimate of drug-likeness (QED) is 0.110. The molecule has 0 aliphatic carbocycles. The molecule has 0 aromatic heterocycles. The Kier molecular flexibility index (Phi) is 10.2. The zero-order chi connectivity index (χ0) is 30.5. The number of rotatable bonds is 10. The Balaban J connectivity index is 3.07. The number of carbonyl (C=O) groups excluding carboxylic acids is 3. The average molecular weight is 625 g/mol. The molecule has 2 rings (SSSR count). The highest BCUT2D eigenvalue weighted by molar-refractivity contribution is 9.10. The summed E-state index contributed by atoms with van der Waals surface area (Å²) in [6, 6.07) is 1.70. The Labute approximate surface area is 235 Å². The number of halogens is 1. The molecule has 2 aromatic carbocycles. The van der Waals surface area contributed by atoms with Crippen LogP contribution >= 0.6 is 15.9 Å². The van der Waals surface area contributed by atoms with Crippen LogP contribution in [0, 0.1) is 20.2 Å². The number of benzene rings is 2. The number of nitrogen functional groups attached to an aromatic ring is 1. The molecule has 214 valence electrons. The van der Waals surface area contributed by atoms with Gasteiger partial charge in [0.05, 0.1) is 44.4 Å². The van der Waals surface area contributed by atoms with Crippen molar-refractivity contribution in [2.75, 3.05) is 18.2 Å². The molecule has 17 heteroatoms. The zero-order valence-electron chi connectivity index (χ0n) is 22.1. The van der Waals surface area contributed by atoms with E-state index >= 15 is 0 Å². The van der Waals surface area contributed by atoms with E-state index in [-0.39, 0.29) is 38.4 Å². The van der Waals surface area contributed by atoms with Gasteiger partial charge in [0.25, 0.3) is 5.69 Å². The topological polar surface area (TPSA) is 228 Å². The van der Waals surface area contributed by atoms with Crippen molar-refractivity contribution in [3.8, 4) is 5.75 Å². The van der Waals surface area contributed by atoms with Crippen molar-refractivity contribution < 1.29 is 38.4 Å². The molecule has 0 bridgehead atoms. The lowest BCUT2D eigenvalue weighted by molar-refractivity contribution is -0.393. The minimum absolute atomic E-state index is 0.0159. The number of nitro groups is 2. The fraction of sp³-hybridized carbons (Fsp3) is 0.348. The SMILES string of the molecule is COc1c(N)c(C(C)OC(C)=O)c(NC(C)=O)c(N=Nc2c(Br)cc([N+](=O)[O-])cc2[N+](=O)[O-])c1C(C)OC(C)=O. The number of non-ortho nitro benzene ring substituents is 1. The lowest BCUT2D eigenvalue weighted by atomic mass is 9.95. The van der Waals surface area contributed by atoms with Gasteiger partial charge in [-0.25, -0.2) is 0 Å². The third kappa shape index (κ3) is 7.04. The van der Waals surface area contributed by atoms with Crippen LogP contribution in [0.15, 0.2) is 26.8 Å². The van der Waals surface area contributed by atoms with Gasteiger partial charge in [0, 0.05) is 32.4 Å². The number of nitrogens with two attached hydrogens (primary N) is 1. The number of amides is 1. The number of ether oxygens (including phenoxy) is 3. The Morgan fingerprint density at radius 3 is 1.93 bits per heavy atom. The van der Waals surface area contributed by atoms with Crippen LogP contribution in [-0.2, 0) is 23.9 Å². The number of nitrogens with one attached hydrogen (secondary N) is 1. The van der Waals surface area contributed by atoms with Crippen molar-refractivity contribution in [1.29, 1.82) is 0 Å². The summed E-state index contributed by atoms with van der Waals surface area (Å²) in [5.41, 5.74) is 4.31. The standard InChI is InChI=1S/C23H25BrN6O10/c1-9(39-12(4)32)17-19(25)23(38-6)18(10(2)40-13(5)33)22(21(17)26-11(3)31)28-27-20-15(24)7-14(29(34)35)8-16(20)30(36)37/h7-10H,25H2,1-6H3,(H,26,31). The van der Waals surface area contributed by atoms with Crippen molar-refractivity contribution in [2.45, 2.75) is 46.8 Å². The summed E-state index contributed by atoms with van der Waals surface area (Å²) in [5, 5.41) is 33.6. The molecule has 0 spiro atoms. The van der Waals surface area contributed by atoms with Gasteiger partial charge in [-0.05, 0) is 29.8 Å². The van der Waals surface area contributed by atoms with Crippen LogP contribution in [0.4, 0.5) is 34.1 Å². The Morgan fingerprint density at radius 2 is 1.48 bits per heavy atom. The summed E-state index contributed by atoms with van der Waals surface area (Å²) in [6.07, 6.45) is -2.18. The summed E-state index contributed by atoms with van der Waals surface area (Å²) in [6.45, 7) is 6.40. The van der Waals surface area contributed by atoms with Gasteiger partial charge in [-0.3, -0.25) is 34.6 Å². The van der Waals surface area contributed by atoms with E-state index in [4.69, 9.17) is 19.9 Å². The van der Waals surface area contributed by atoms with Crippen LogP contribution in [0.3, 0.4) is 0 Å². The van der Waals surface area contributed by atoms with E-state index in [1.165, 1.54) is 27.9 Å². The van der Waals surface area contributed by atoms with Gasteiger partial charge in [-0.15, -0.1) is 10.2 Å². The normalized spacial score (nSPS) is 12.4. The van der Waals surface area contributed by atoms with Gasteiger partial charge >= 0.3 is 17.6 Å². The van der Waals surface area contributed by atoms with Crippen LogP contribution in [0.25, 0.3) is 0 Å². The van der Waals surface area contributed by atoms with Gasteiger partial charge in [-0.1, -0.05) is 0 Å². The number of hydrogen-bond acceptors (Lipinski definition) is 13. The lowest BCUT2D eigenvalue weighted by Gasteiger charge is -2.26. The van der Waals surface area contributed by atoms with Crippen molar-refractivity contribution >= 4 is 67.9 Å². The molecule has 0 radical (unpaired) electrons. The third-order valence-corrected chi connectivity index (χ3v) is 5.83. The Hall–Kier alpha value is -4.67. The van der Waals surface area contributed by atoms with E-state index in [1.807, 2.05) is 0 Å². The van der Waals surface area contributed by atoms with E-state index in [2.05, 4.69) is 31.5 Å². The summed E-state index contributed by atoms with van der Waals surface area (Å²) in [7, 11) is 1.26. The second-order valence-electron chi connectivity index (χ2n) is 8.19. The van der Waals surface area contributed by atoms with E-state index in [1.54, 1.807) is 0 Å². The van der Waals surface area contributed by atoms with E-state index < -0.39 is 57.0 Å². The first kappa shape index (κ1) is 31.5. The minimum atomic E-state index is -1.11. The first-order valence-corrected chi connectivity index (χ1v) is 12.1. The second-order valence-corrected chi connectivity index (χ2v) is 9.05. The van der Waals surface area contributed by atoms with Gasteiger partial charge in [0.2, 0.25) is 5.91 Å². The lowest BCUT2D eigenvalue weighted by Crippen LogP contribution is -2.17. The molecule has 0 saturated carbocycles. The number of azo groups is 1. The highest BCUT2D eigenvalue weighted by atomic mass is 79.9. The third-order valence-electron chi connectivity index (χ3n) is 5.23. The van der Waals surface area contributed by atoms with Crippen LogP contribution in [0.5, 0.6) is 5.75 Å². The smallest absolute Gasteiger partial charge is 0.304 e. The highest BCUT2D eigenvalue weighted by Crippen LogP contribution is 2.51. The zero-order valence-corrected chi connectivity index (χ0v) is 23.7. The molecule has 0 aliphatic heterocycles. The molecule has 2 aromatic rings. The van der Waals surface area contributed by atoms with Crippen molar-refractivity contribution in [3.63, 3.8) is 0 Å². The molecule has 3 N–H and O–H groups in total. The minimum Gasteiger partial charge on any atom is -0.494 e. The fourth-order valence-electron chi connectivity index (χ4n) is 3.83. The number of nitrogens with zero attached hydrogens (tertiary/aromatic N) is 4. The average Bonchev–Trinajstić information content (AvgIpc) is 2.81. The monoisotopic (exact) mass is 624 g/mol. The van der Waals surface area contributed by atoms with Crippen LogP contribution in [-0.4, -0.2) is 34.8 Å². The van der Waals surface area contributed by atoms with Crippen LogP contribution < -0.4 is 15.8 Å². The molecule has 2 unspecified atom stereocenters. The summed E-state index contributed by atoms with van der Waals surface area (Å²) < 4.78 is 16.0. The maximum Gasteiger partial charge on any atom is 0.304 e. The number of methoxy groups -OCH3 is 1. The number of esters is 2. The van der Waals surface area contributed by atoms with Gasteiger partial charge in [-0.2, -0.15) is 0 Å². The Morgan fingerprint density at radius 1 is 0.950 bits per heavy atom. The van der Waals surface area contributed by atoms with Crippen molar-refractivity contribution in [2.24, 2.45) is 10.2 Å². The first-order chi connectivity index (χ1) is 18.6. The molecule has 0 fully saturated rings. The molecule has 0 saturated heterocycles. The fourth-order valence-corrected chi connectivity index (χ4v) is 4.34. The summed E-state index contributed by atoms with van der Waals surface area (Å²) >= 11 is 3.05. The van der Waals surface area contributed by atoms with Gasteiger partial charge in [0.15, 0.2) is 11.4 Å².